The van der Waals surface area contributed by atoms with Gasteiger partial charge in [0.25, 0.3) is 0 Å². The van der Waals surface area contributed by atoms with Gasteiger partial charge in [0.1, 0.15) is 0 Å². The molecule has 2 N–H and O–H groups in total. The highest BCUT2D eigenvalue weighted by Crippen LogP contribution is 2.14. The van der Waals surface area contributed by atoms with Gasteiger partial charge in [-0.05, 0) is 12.1 Å². The molecule has 25 heavy (non-hydrogen) atoms. The third-order valence-electron chi connectivity index (χ3n) is 3.51. The lowest BCUT2D eigenvalue weighted by Gasteiger charge is -2.16. The number of nitrogens with one attached hydrogen (secondary N) is 2. The third-order valence-corrected chi connectivity index (χ3v) is 3.51. The summed E-state index contributed by atoms with van der Waals surface area (Å²) >= 11 is 0. The first-order valence-electron chi connectivity index (χ1n) is 8.18. The van der Waals surface area contributed by atoms with E-state index in [1.807, 2.05) is 31.1 Å². The molecule has 0 unspecified atom stereocenters. The van der Waals surface area contributed by atoms with Crippen LogP contribution in [0.5, 0.6) is 0 Å². The van der Waals surface area contributed by atoms with Gasteiger partial charge in [-0.1, -0.05) is 0 Å². The predicted molar refractivity (Wildman–Crippen MR) is 95.2 cm³/mol. The molecule has 1 rings (SSSR count). The quantitative estimate of drug-likeness (QED) is 0.438. The van der Waals surface area contributed by atoms with Gasteiger partial charge < -0.3 is 25.0 Å². The molecule has 0 radical (unpaired) electrons. The fraction of sp³-hybridized carbons (Fsp3) is 0.588. The van der Waals surface area contributed by atoms with E-state index in [1.165, 1.54) is 14.2 Å². The lowest BCUT2D eigenvalue weighted by Crippen LogP contribution is -2.22. The van der Waals surface area contributed by atoms with Crippen molar-refractivity contribution < 1.29 is 19.1 Å². The fourth-order valence-electron chi connectivity index (χ4n) is 2.09. The molecule has 140 valence electrons. The average Bonchev–Trinajstić information content (AvgIpc) is 2.61. The number of methoxy groups -OCH3 is 2. The smallest absolute Gasteiger partial charge is 0.306 e. The van der Waals surface area contributed by atoms with E-state index in [4.69, 9.17) is 0 Å². The number of carbonyl (C=O) groups excluding carboxylic acids is 2. The van der Waals surface area contributed by atoms with Crippen LogP contribution in [-0.2, 0) is 32.2 Å². The van der Waals surface area contributed by atoms with Crippen molar-refractivity contribution in [2.75, 3.05) is 46.3 Å². The van der Waals surface area contributed by atoms with Crippen molar-refractivity contribution in [2.45, 2.75) is 25.9 Å². The van der Waals surface area contributed by atoms with Crippen LogP contribution in [0.4, 0.5) is 5.69 Å². The van der Waals surface area contributed by atoms with Gasteiger partial charge in [0.15, 0.2) is 0 Å². The number of hydrogen-bond donors (Lipinski definition) is 2. The minimum atomic E-state index is -0.238. The number of ether oxygens (including phenoxy) is 2. The van der Waals surface area contributed by atoms with Gasteiger partial charge in [-0.25, -0.2) is 0 Å². The molecule has 0 aromatic carbocycles. The van der Waals surface area contributed by atoms with Gasteiger partial charge >= 0.3 is 11.9 Å². The summed E-state index contributed by atoms with van der Waals surface area (Å²) < 4.78 is 9.22. The van der Waals surface area contributed by atoms with Gasteiger partial charge in [0.2, 0.25) is 0 Å². The van der Waals surface area contributed by atoms with Crippen LogP contribution in [0.15, 0.2) is 12.1 Å². The number of aromatic nitrogens is 1. The highest BCUT2D eigenvalue weighted by atomic mass is 16.5. The van der Waals surface area contributed by atoms with Gasteiger partial charge in [-0.2, -0.15) is 0 Å². The molecule has 1 aromatic rings. The number of esters is 2. The molecule has 0 amide bonds. The maximum Gasteiger partial charge on any atom is 0.306 e. The summed E-state index contributed by atoms with van der Waals surface area (Å²) in [5.74, 6) is -0.476. The lowest BCUT2D eigenvalue weighted by molar-refractivity contribution is -0.141. The van der Waals surface area contributed by atoms with Crippen molar-refractivity contribution in [2.24, 2.45) is 0 Å². The zero-order valence-electron chi connectivity index (χ0n) is 15.4. The summed E-state index contributed by atoms with van der Waals surface area (Å²) in [6.45, 7) is 2.20. The van der Waals surface area contributed by atoms with Crippen molar-refractivity contribution in [3.05, 3.63) is 23.5 Å². The monoisotopic (exact) mass is 352 g/mol. The molecular formula is C17H28N4O4. The molecule has 0 atom stereocenters. The summed E-state index contributed by atoms with van der Waals surface area (Å²) in [5, 5.41) is 6.37. The Labute approximate surface area is 148 Å². The molecular weight excluding hydrogens is 324 g/mol. The second-order valence-corrected chi connectivity index (χ2v) is 5.71. The van der Waals surface area contributed by atoms with Crippen molar-refractivity contribution >= 4 is 17.6 Å². The first-order chi connectivity index (χ1) is 12.0. The molecule has 1 heterocycles. The van der Waals surface area contributed by atoms with Crippen LogP contribution in [0.1, 0.15) is 24.2 Å². The number of anilines is 1. The van der Waals surface area contributed by atoms with Crippen LogP contribution in [0.2, 0.25) is 0 Å². The van der Waals surface area contributed by atoms with Crippen molar-refractivity contribution in [3.8, 4) is 0 Å². The van der Waals surface area contributed by atoms with Crippen molar-refractivity contribution in [1.29, 1.82) is 0 Å². The Morgan fingerprint density at radius 3 is 1.76 bits per heavy atom. The molecule has 8 nitrogen and oxygen atoms in total. The van der Waals surface area contributed by atoms with E-state index < -0.39 is 0 Å². The van der Waals surface area contributed by atoms with E-state index in [9.17, 15) is 9.59 Å². The van der Waals surface area contributed by atoms with Crippen LogP contribution in [-0.4, -0.2) is 58.3 Å². The minimum absolute atomic E-state index is 0.238. The maximum atomic E-state index is 11.1. The number of hydrogen-bond acceptors (Lipinski definition) is 8. The molecule has 0 aliphatic rings. The maximum absolute atomic E-state index is 11.1. The zero-order chi connectivity index (χ0) is 18.7. The fourth-order valence-corrected chi connectivity index (χ4v) is 2.09. The Morgan fingerprint density at radius 1 is 0.960 bits per heavy atom. The summed E-state index contributed by atoms with van der Waals surface area (Å²) in [5.41, 5.74) is 2.83. The van der Waals surface area contributed by atoms with Crippen LogP contribution in [0.25, 0.3) is 0 Å². The molecule has 8 heteroatoms. The highest BCUT2D eigenvalue weighted by Gasteiger charge is 2.06. The number of nitrogens with zero attached hydrogens (tertiary/aromatic N) is 2. The molecule has 0 aliphatic carbocycles. The topological polar surface area (TPSA) is 92.8 Å². The Bertz CT molecular complexity index is 521. The standard InChI is InChI=1S/C17H28N4O4/c1-21(2)15-9-13(11-18-7-5-16(22)24-3)20-14(10-15)12-19-8-6-17(23)25-4/h9-10,18-19H,5-8,11-12H2,1-4H3. The highest BCUT2D eigenvalue weighted by molar-refractivity contribution is 5.69. The van der Waals surface area contributed by atoms with E-state index in [2.05, 4.69) is 25.1 Å². The molecule has 1 aromatic heterocycles. The zero-order valence-corrected chi connectivity index (χ0v) is 15.4. The summed E-state index contributed by atoms with van der Waals surface area (Å²) in [4.78, 5) is 28.8. The van der Waals surface area contributed by atoms with Crippen LogP contribution in [0.3, 0.4) is 0 Å². The van der Waals surface area contributed by atoms with E-state index in [1.54, 1.807) is 0 Å². The number of rotatable bonds is 11. The average molecular weight is 352 g/mol. The first-order valence-corrected chi connectivity index (χ1v) is 8.18. The SMILES string of the molecule is COC(=O)CCNCc1cc(N(C)C)cc(CNCCC(=O)OC)n1. The molecule has 0 aliphatic heterocycles. The van der Waals surface area contributed by atoms with Gasteiger partial charge in [-0.15, -0.1) is 0 Å². The second-order valence-electron chi connectivity index (χ2n) is 5.71. The van der Waals surface area contributed by atoms with E-state index >= 15 is 0 Å². The van der Waals surface area contributed by atoms with Gasteiger partial charge in [-0.3, -0.25) is 14.6 Å². The Hall–Kier alpha value is -2.19. The Morgan fingerprint density at radius 2 is 1.40 bits per heavy atom. The summed E-state index contributed by atoms with van der Waals surface area (Å²) in [7, 11) is 6.70. The van der Waals surface area contributed by atoms with Gasteiger partial charge in [0.05, 0.1) is 38.4 Å². The minimum Gasteiger partial charge on any atom is -0.469 e. The van der Waals surface area contributed by atoms with Crippen LogP contribution in [0, 0.1) is 0 Å². The molecule has 0 bridgehead atoms. The predicted octanol–water partition coefficient (Wildman–Crippen LogP) is 0.453. The summed E-state index contributed by atoms with van der Waals surface area (Å²) in [6.07, 6.45) is 0.650. The van der Waals surface area contributed by atoms with E-state index in [0.29, 0.717) is 39.0 Å². The van der Waals surface area contributed by atoms with Crippen LogP contribution >= 0.6 is 0 Å². The molecule has 0 saturated carbocycles. The van der Waals surface area contributed by atoms with Crippen LogP contribution < -0.4 is 15.5 Å². The molecule has 0 fully saturated rings. The Kier molecular flexibility index (Phi) is 9.49. The van der Waals surface area contributed by atoms with Crippen molar-refractivity contribution in [3.63, 3.8) is 0 Å². The van der Waals surface area contributed by atoms with Crippen molar-refractivity contribution in [1.82, 2.24) is 15.6 Å². The van der Waals surface area contributed by atoms with Gasteiger partial charge in [0, 0.05) is 46.0 Å². The third kappa shape index (κ3) is 8.46. The second kappa shape index (κ2) is 11.4. The Balaban J connectivity index is 2.57. The largest absolute Gasteiger partial charge is 0.469 e. The summed E-state index contributed by atoms with van der Waals surface area (Å²) in [6, 6.07) is 4.01. The normalized spacial score (nSPS) is 10.4. The lowest BCUT2D eigenvalue weighted by atomic mass is 10.2. The number of carbonyl (C=O) groups is 2. The van der Waals surface area contributed by atoms with E-state index in [-0.39, 0.29) is 11.9 Å². The van der Waals surface area contributed by atoms with E-state index in [0.717, 1.165) is 17.1 Å². The molecule has 0 spiro atoms. The molecule has 0 saturated heterocycles. The first kappa shape index (κ1) is 20.9. The number of pyridine rings is 1.